The standard InChI is InChI=1S/C12H19N3O5S/c1-4-7(2)10(12(17)18)14-21(19,20)8-5-9(11(13)16)15(3)6-8/h5-7,10,14H,4H2,1-3H3,(H2,13,16)(H,17,18)/t7-,10-/m0/s1. The molecule has 118 valence electrons. The summed E-state index contributed by atoms with van der Waals surface area (Å²) in [5.41, 5.74) is 5.14. The second kappa shape index (κ2) is 6.27. The van der Waals surface area contributed by atoms with Gasteiger partial charge in [0.2, 0.25) is 10.0 Å². The largest absolute Gasteiger partial charge is 0.480 e. The third-order valence-electron chi connectivity index (χ3n) is 3.30. The molecule has 0 unspecified atom stereocenters. The highest BCUT2D eigenvalue weighted by molar-refractivity contribution is 7.89. The van der Waals surface area contributed by atoms with Crippen molar-refractivity contribution in [1.82, 2.24) is 9.29 Å². The van der Waals surface area contributed by atoms with Gasteiger partial charge >= 0.3 is 5.97 Å². The normalized spacial score (nSPS) is 14.6. The maximum atomic E-state index is 12.2. The van der Waals surface area contributed by atoms with E-state index in [2.05, 4.69) is 4.72 Å². The van der Waals surface area contributed by atoms with Gasteiger partial charge in [-0.2, -0.15) is 4.72 Å². The first-order valence-electron chi connectivity index (χ1n) is 6.31. The fourth-order valence-electron chi connectivity index (χ4n) is 1.81. The van der Waals surface area contributed by atoms with Gasteiger partial charge in [-0.05, 0) is 12.0 Å². The molecule has 0 aliphatic rings. The van der Waals surface area contributed by atoms with E-state index in [4.69, 9.17) is 10.8 Å². The van der Waals surface area contributed by atoms with Crippen LogP contribution in [0.2, 0.25) is 0 Å². The molecule has 1 amide bonds. The molecule has 0 bridgehead atoms. The molecular weight excluding hydrogens is 298 g/mol. The van der Waals surface area contributed by atoms with Crippen LogP contribution >= 0.6 is 0 Å². The molecular formula is C12H19N3O5S. The molecule has 1 heterocycles. The monoisotopic (exact) mass is 317 g/mol. The maximum Gasteiger partial charge on any atom is 0.322 e. The first-order valence-corrected chi connectivity index (χ1v) is 7.79. The Balaban J connectivity index is 3.13. The summed E-state index contributed by atoms with van der Waals surface area (Å²) in [5, 5.41) is 9.13. The Labute approximate surface area is 123 Å². The number of nitrogens with zero attached hydrogens (tertiary/aromatic N) is 1. The van der Waals surface area contributed by atoms with Gasteiger partial charge in [-0.15, -0.1) is 0 Å². The van der Waals surface area contributed by atoms with Crippen molar-refractivity contribution in [3.63, 3.8) is 0 Å². The highest BCUT2D eigenvalue weighted by Gasteiger charge is 2.30. The summed E-state index contributed by atoms with van der Waals surface area (Å²) in [6.45, 7) is 3.41. The first kappa shape index (κ1) is 17.2. The predicted octanol–water partition coefficient (Wildman–Crippen LogP) is -0.0984. The van der Waals surface area contributed by atoms with E-state index in [1.807, 2.05) is 0 Å². The van der Waals surface area contributed by atoms with E-state index in [1.54, 1.807) is 13.8 Å². The molecule has 2 atom stereocenters. The number of hydrogen-bond acceptors (Lipinski definition) is 4. The molecule has 0 aliphatic carbocycles. The highest BCUT2D eigenvalue weighted by atomic mass is 32.2. The lowest BCUT2D eigenvalue weighted by Gasteiger charge is -2.19. The minimum absolute atomic E-state index is 0.0192. The van der Waals surface area contributed by atoms with Crippen LogP contribution < -0.4 is 10.5 Å². The first-order chi connectivity index (χ1) is 9.60. The SMILES string of the molecule is CC[C@H](C)[C@H](NS(=O)(=O)c1cc(C(N)=O)n(C)c1)C(=O)O. The second-order valence-electron chi connectivity index (χ2n) is 4.86. The Morgan fingerprint density at radius 2 is 2.05 bits per heavy atom. The van der Waals surface area contributed by atoms with Gasteiger partial charge < -0.3 is 15.4 Å². The van der Waals surface area contributed by atoms with Crippen LogP contribution in [0.3, 0.4) is 0 Å². The number of amides is 1. The third kappa shape index (κ3) is 3.82. The lowest BCUT2D eigenvalue weighted by atomic mass is 10.0. The van der Waals surface area contributed by atoms with Gasteiger partial charge in [0, 0.05) is 13.2 Å². The summed E-state index contributed by atoms with van der Waals surface area (Å²) >= 11 is 0. The van der Waals surface area contributed by atoms with Crippen molar-refractivity contribution in [3.05, 3.63) is 18.0 Å². The minimum atomic E-state index is -4.05. The van der Waals surface area contributed by atoms with Crippen molar-refractivity contribution in [2.75, 3.05) is 0 Å². The summed E-state index contributed by atoms with van der Waals surface area (Å²) in [7, 11) is -2.58. The van der Waals surface area contributed by atoms with Crippen molar-refractivity contribution >= 4 is 21.9 Å². The Hall–Kier alpha value is -1.87. The van der Waals surface area contributed by atoms with Crippen LogP contribution in [0.4, 0.5) is 0 Å². The van der Waals surface area contributed by atoms with Crippen LogP contribution in [0.5, 0.6) is 0 Å². The van der Waals surface area contributed by atoms with Crippen molar-refractivity contribution < 1.29 is 23.1 Å². The zero-order chi connectivity index (χ0) is 16.4. The van der Waals surface area contributed by atoms with Crippen LogP contribution in [0.1, 0.15) is 30.8 Å². The number of carbonyl (C=O) groups excluding carboxylic acids is 1. The number of aryl methyl sites for hydroxylation is 1. The van der Waals surface area contributed by atoms with E-state index in [-0.39, 0.29) is 16.5 Å². The number of hydrogen-bond donors (Lipinski definition) is 3. The number of carbonyl (C=O) groups is 2. The smallest absolute Gasteiger partial charge is 0.322 e. The number of nitrogens with two attached hydrogens (primary N) is 1. The molecule has 0 saturated heterocycles. The van der Waals surface area contributed by atoms with Crippen LogP contribution in [0.25, 0.3) is 0 Å². The van der Waals surface area contributed by atoms with Crippen LogP contribution in [-0.4, -0.2) is 36.0 Å². The Kier molecular flexibility index (Phi) is 5.13. The maximum absolute atomic E-state index is 12.2. The molecule has 1 rings (SSSR count). The Morgan fingerprint density at radius 3 is 2.43 bits per heavy atom. The van der Waals surface area contributed by atoms with Gasteiger partial charge in [0.15, 0.2) is 0 Å². The van der Waals surface area contributed by atoms with Crippen LogP contribution in [0.15, 0.2) is 17.2 Å². The quantitative estimate of drug-likeness (QED) is 0.646. The molecule has 0 aromatic carbocycles. The topological polar surface area (TPSA) is 131 Å². The summed E-state index contributed by atoms with van der Waals surface area (Å²) in [6.07, 6.45) is 1.71. The van der Waals surface area contributed by atoms with Crippen LogP contribution in [-0.2, 0) is 21.9 Å². The highest BCUT2D eigenvalue weighted by Crippen LogP contribution is 2.16. The summed E-state index contributed by atoms with van der Waals surface area (Å²) in [4.78, 5) is 22.1. The second-order valence-corrected chi connectivity index (χ2v) is 6.57. The molecule has 9 heteroatoms. The fourth-order valence-corrected chi connectivity index (χ4v) is 3.17. The molecule has 0 radical (unpaired) electrons. The molecule has 0 fully saturated rings. The number of nitrogens with one attached hydrogen (secondary N) is 1. The molecule has 4 N–H and O–H groups in total. The molecule has 1 aromatic heterocycles. The predicted molar refractivity (Wildman–Crippen MR) is 75.1 cm³/mol. The lowest BCUT2D eigenvalue weighted by molar-refractivity contribution is -0.140. The lowest BCUT2D eigenvalue weighted by Crippen LogP contribution is -2.44. The Morgan fingerprint density at radius 1 is 1.48 bits per heavy atom. The summed E-state index contributed by atoms with van der Waals surface area (Å²) < 4.78 is 27.9. The summed E-state index contributed by atoms with van der Waals surface area (Å²) in [5.74, 6) is -2.40. The van der Waals surface area contributed by atoms with Gasteiger partial charge in [-0.1, -0.05) is 20.3 Å². The molecule has 21 heavy (non-hydrogen) atoms. The van der Waals surface area contributed by atoms with Crippen molar-refractivity contribution in [2.45, 2.75) is 31.2 Å². The molecule has 0 spiro atoms. The number of aliphatic carboxylic acids is 1. The van der Waals surface area contributed by atoms with E-state index < -0.39 is 27.9 Å². The molecule has 0 aliphatic heterocycles. The fraction of sp³-hybridized carbons (Fsp3) is 0.500. The number of aromatic nitrogens is 1. The molecule has 1 aromatic rings. The number of sulfonamides is 1. The van der Waals surface area contributed by atoms with Gasteiger partial charge in [-0.3, -0.25) is 9.59 Å². The molecule has 0 saturated carbocycles. The van der Waals surface area contributed by atoms with Crippen molar-refractivity contribution in [3.8, 4) is 0 Å². The Bertz CT molecular complexity index is 650. The average Bonchev–Trinajstić information content (AvgIpc) is 2.78. The third-order valence-corrected chi connectivity index (χ3v) is 4.71. The van der Waals surface area contributed by atoms with E-state index in [0.717, 1.165) is 6.07 Å². The van der Waals surface area contributed by atoms with Gasteiger partial charge in [-0.25, -0.2) is 8.42 Å². The van der Waals surface area contributed by atoms with Crippen molar-refractivity contribution in [1.29, 1.82) is 0 Å². The zero-order valence-corrected chi connectivity index (χ0v) is 12.8. The van der Waals surface area contributed by atoms with E-state index in [9.17, 15) is 18.0 Å². The van der Waals surface area contributed by atoms with E-state index >= 15 is 0 Å². The van der Waals surface area contributed by atoms with Gasteiger partial charge in [0.05, 0.1) is 0 Å². The number of primary amides is 1. The average molecular weight is 317 g/mol. The van der Waals surface area contributed by atoms with E-state index in [1.165, 1.54) is 17.8 Å². The minimum Gasteiger partial charge on any atom is -0.480 e. The van der Waals surface area contributed by atoms with E-state index in [0.29, 0.717) is 6.42 Å². The van der Waals surface area contributed by atoms with Crippen molar-refractivity contribution in [2.24, 2.45) is 18.7 Å². The number of carboxylic acid groups (broad SMARTS) is 1. The van der Waals surface area contributed by atoms with Gasteiger partial charge in [0.1, 0.15) is 16.6 Å². The molecule has 8 nitrogen and oxygen atoms in total. The zero-order valence-electron chi connectivity index (χ0n) is 12.0. The van der Waals surface area contributed by atoms with Gasteiger partial charge in [0.25, 0.3) is 5.91 Å². The van der Waals surface area contributed by atoms with Crippen LogP contribution in [0, 0.1) is 5.92 Å². The summed E-state index contributed by atoms with van der Waals surface area (Å²) in [6, 6.07) is -0.127. The number of rotatable bonds is 7. The number of carboxylic acids is 1.